The Morgan fingerprint density at radius 1 is 1.14 bits per heavy atom. The molecule has 148 valence electrons. The molecule has 0 saturated heterocycles. The fraction of sp³-hybridized carbons (Fsp3) is 0.278. The molecule has 0 radical (unpaired) electrons. The predicted molar refractivity (Wildman–Crippen MR) is 106 cm³/mol. The summed E-state index contributed by atoms with van der Waals surface area (Å²) in [5.41, 5.74) is 1.05. The Labute approximate surface area is 172 Å². The van der Waals surface area contributed by atoms with E-state index in [0.717, 1.165) is 11.4 Å². The van der Waals surface area contributed by atoms with Crippen molar-refractivity contribution in [2.75, 3.05) is 9.74 Å². The highest BCUT2D eigenvalue weighted by molar-refractivity contribution is 14.1. The third-order valence-corrected chi connectivity index (χ3v) is 4.43. The zero-order chi connectivity index (χ0) is 20.3. The summed E-state index contributed by atoms with van der Waals surface area (Å²) in [6, 6.07) is 9.69. The average Bonchev–Trinajstić information content (AvgIpc) is 3.10. The monoisotopic (exact) mass is 505 g/mol. The quantitative estimate of drug-likeness (QED) is 0.259. The van der Waals surface area contributed by atoms with Gasteiger partial charge in [0.05, 0.1) is 6.54 Å². The Kier molecular flexibility index (Phi) is 6.16. The number of halogens is 5. The summed E-state index contributed by atoms with van der Waals surface area (Å²) in [7, 11) is 0. The molecule has 1 aromatic heterocycles. The number of benzene rings is 2. The Balaban J connectivity index is 1.95. The Hall–Kier alpha value is -2.24. The largest absolute Gasteiger partial charge is 0.355 e. The summed E-state index contributed by atoms with van der Waals surface area (Å²) in [6.45, 7) is 1.36. The molecule has 5 nitrogen and oxygen atoms in total. The van der Waals surface area contributed by atoms with Crippen LogP contribution < -0.4 is 5.32 Å². The third-order valence-electron chi connectivity index (χ3n) is 3.94. The fourth-order valence-corrected chi connectivity index (χ4v) is 2.95. The molecule has 0 aliphatic rings. The van der Waals surface area contributed by atoms with E-state index in [0.29, 0.717) is 23.5 Å². The summed E-state index contributed by atoms with van der Waals surface area (Å²) >= 11 is 2.17. The number of hydrogen-bond donors (Lipinski definition) is 1. The summed E-state index contributed by atoms with van der Waals surface area (Å²) in [6.07, 6.45) is -2.65. The maximum absolute atomic E-state index is 13.4. The molecule has 0 aliphatic carbocycles. The normalized spacial score (nSPS) is 11.8. The van der Waals surface area contributed by atoms with Gasteiger partial charge in [-0.1, -0.05) is 40.8 Å². The Morgan fingerprint density at radius 2 is 1.86 bits per heavy atom. The molecular weight excluding hydrogens is 489 g/mol. The topological polar surface area (TPSA) is 55.6 Å². The van der Waals surface area contributed by atoms with Crippen molar-refractivity contribution < 1.29 is 17.6 Å². The van der Waals surface area contributed by atoms with Crippen molar-refractivity contribution >= 4 is 34.0 Å². The number of anilines is 2. The molecule has 3 aromatic rings. The van der Waals surface area contributed by atoms with Crippen molar-refractivity contribution in [3.63, 3.8) is 0 Å². The summed E-state index contributed by atoms with van der Waals surface area (Å²) in [4.78, 5) is 1.39. The molecule has 0 unspecified atom stereocenters. The maximum atomic E-state index is 13.4. The van der Waals surface area contributed by atoms with E-state index in [9.17, 15) is 17.6 Å². The maximum Gasteiger partial charge on any atom is 0.270 e. The van der Waals surface area contributed by atoms with Crippen LogP contribution in [0.25, 0.3) is 11.4 Å². The molecule has 0 atom stereocenters. The zero-order valence-electron chi connectivity index (χ0n) is 14.7. The van der Waals surface area contributed by atoms with Gasteiger partial charge < -0.3 is 5.32 Å². The van der Waals surface area contributed by atoms with Gasteiger partial charge in [0.2, 0.25) is 5.82 Å². The number of hydrogen-bond acceptors (Lipinski definition) is 4. The smallest absolute Gasteiger partial charge is 0.270 e. The van der Waals surface area contributed by atoms with Crippen LogP contribution in [0.5, 0.6) is 0 Å². The van der Waals surface area contributed by atoms with Crippen molar-refractivity contribution in [3.8, 4) is 11.4 Å². The molecule has 0 fully saturated rings. The van der Waals surface area contributed by atoms with E-state index in [2.05, 4.69) is 43.3 Å². The Morgan fingerprint density at radius 3 is 2.46 bits per heavy atom. The second-order valence-corrected chi connectivity index (χ2v) is 7.17. The van der Waals surface area contributed by atoms with Gasteiger partial charge >= 0.3 is 0 Å². The van der Waals surface area contributed by atoms with Crippen molar-refractivity contribution in [2.24, 2.45) is 0 Å². The molecule has 2 aromatic carbocycles. The molecule has 0 spiro atoms. The van der Waals surface area contributed by atoms with Crippen molar-refractivity contribution in [2.45, 2.75) is 25.8 Å². The van der Waals surface area contributed by atoms with E-state index < -0.39 is 12.3 Å². The standard InChI is InChI=1S/C18H16F4IN5/c1-18(21,22)12-3-5-13(6-4-12)24-15-7-2-11(16(19)20)10-14(15)17-25-27-28(26-17)9-8-23/h2-7,10,16,24H,8-9H2,1H3. The highest BCUT2D eigenvalue weighted by atomic mass is 127. The Bertz CT molecular complexity index is 938. The van der Waals surface area contributed by atoms with Crippen LogP contribution in [0.15, 0.2) is 42.5 Å². The molecular formula is C18H16F4IN5. The average molecular weight is 505 g/mol. The van der Waals surface area contributed by atoms with Crippen LogP contribution in [-0.2, 0) is 12.5 Å². The van der Waals surface area contributed by atoms with Gasteiger partial charge in [-0.2, -0.15) is 4.80 Å². The van der Waals surface area contributed by atoms with E-state index >= 15 is 0 Å². The van der Waals surface area contributed by atoms with E-state index in [1.165, 1.54) is 47.3 Å². The van der Waals surface area contributed by atoms with Crippen LogP contribution in [0, 0.1) is 0 Å². The highest BCUT2D eigenvalue weighted by Crippen LogP contribution is 2.33. The van der Waals surface area contributed by atoms with Gasteiger partial charge in [0, 0.05) is 39.4 Å². The van der Waals surface area contributed by atoms with E-state index in [1.807, 2.05) is 0 Å². The van der Waals surface area contributed by atoms with Crippen LogP contribution in [-0.4, -0.2) is 24.6 Å². The number of tetrazole rings is 1. The molecule has 0 bridgehead atoms. The first kappa shape index (κ1) is 20.5. The van der Waals surface area contributed by atoms with Crippen LogP contribution in [0.3, 0.4) is 0 Å². The minimum Gasteiger partial charge on any atom is -0.355 e. The number of rotatable bonds is 7. The lowest BCUT2D eigenvalue weighted by Crippen LogP contribution is -2.06. The SMILES string of the molecule is CC(F)(F)c1ccc(Nc2ccc(C(F)F)cc2-c2nnn(CCI)n2)cc1. The van der Waals surface area contributed by atoms with Crippen LogP contribution in [0.4, 0.5) is 28.9 Å². The van der Waals surface area contributed by atoms with Gasteiger partial charge in [0.25, 0.3) is 12.3 Å². The molecule has 0 amide bonds. The molecule has 1 heterocycles. The van der Waals surface area contributed by atoms with Crippen LogP contribution in [0.1, 0.15) is 24.5 Å². The highest BCUT2D eigenvalue weighted by Gasteiger charge is 2.23. The van der Waals surface area contributed by atoms with Crippen molar-refractivity contribution in [1.29, 1.82) is 0 Å². The lowest BCUT2D eigenvalue weighted by Gasteiger charge is -2.14. The zero-order valence-corrected chi connectivity index (χ0v) is 16.9. The summed E-state index contributed by atoms with van der Waals surface area (Å²) in [5.74, 6) is -2.74. The number of aryl methyl sites for hydroxylation is 1. The number of nitrogens with one attached hydrogen (secondary N) is 1. The van der Waals surface area contributed by atoms with Gasteiger partial charge in [-0.05, 0) is 29.5 Å². The number of aromatic nitrogens is 4. The van der Waals surface area contributed by atoms with Gasteiger partial charge in [-0.15, -0.1) is 10.2 Å². The lowest BCUT2D eigenvalue weighted by atomic mass is 10.1. The first-order valence-electron chi connectivity index (χ1n) is 8.29. The molecule has 0 aliphatic heterocycles. The van der Waals surface area contributed by atoms with Gasteiger partial charge in [0.15, 0.2) is 0 Å². The summed E-state index contributed by atoms with van der Waals surface area (Å²) < 4.78 is 53.8. The molecule has 3 rings (SSSR count). The number of alkyl halides is 5. The minimum absolute atomic E-state index is 0.116. The first-order valence-corrected chi connectivity index (χ1v) is 9.82. The molecule has 28 heavy (non-hydrogen) atoms. The van der Waals surface area contributed by atoms with E-state index in [-0.39, 0.29) is 17.0 Å². The lowest BCUT2D eigenvalue weighted by molar-refractivity contribution is 0.0175. The minimum atomic E-state index is -2.94. The van der Waals surface area contributed by atoms with E-state index in [1.54, 1.807) is 0 Å². The second-order valence-electron chi connectivity index (χ2n) is 6.09. The van der Waals surface area contributed by atoms with Crippen molar-refractivity contribution in [3.05, 3.63) is 53.6 Å². The number of nitrogens with zero attached hydrogens (tertiary/aromatic N) is 4. The second kappa shape index (κ2) is 8.41. The third kappa shape index (κ3) is 4.78. The van der Waals surface area contributed by atoms with Gasteiger partial charge in [0.1, 0.15) is 0 Å². The summed E-state index contributed by atoms with van der Waals surface area (Å²) in [5, 5.41) is 15.1. The van der Waals surface area contributed by atoms with Gasteiger partial charge in [-0.3, -0.25) is 0 Å². The fourth-order valence-electron chi connectivity index (χ4n) is 2.51. The predicted octanol–water partition coefficient (Wildman–Crippen LogP) is 5.57. The van der Waals surface area contributed by atoms with Crippen molar-refractivity contribution in [1.82, 2.24) is 20.2 Å². The van der Waals surface area contributed by atoms with Crippen LogP contribution >= 0.6 is 22.6 Å². The van der Waals surface area contributed by atoms with Crippen LogP contribution in [0.2, 0.25) is 0 Å². The molecule has 0 saturated carbocycles. The molecule has 10 heteroatoms. The first-order chi connectivity index (χ1) is 13.3. The van der Waals surface area contributed by atoms with E-state index in [4.69, 9.17) is 0 Å². The van der Waals surface area contributed by atoms with Gasteiger partial charge in [-0.25, -0.2) is 17.6 Å². The molecule has 1 N–H and O–H groups in total.